The first-order valence-electron chi connectivity index (χ1n) is 4.60. The van der Waals surface area contributed by atoms with Gasteiger partial charge < -0.3 is 5.11 Å². The first kappa shape index (κ1) is 11.5. The van der Waals surface area contributed by atoms with E-state index in [4.69, 9.17) is 0 Å². The van der Waals surface area contributed by atoms with Crippen LogP contribution in [0.3, 0.4) is 0 Å². The summed E-state index contributed by atoms with van der Waals surface area (Å²) in [6.45, 7) is 5.98. The molecule has 1 aromatic rings. The van der Waals surface area contributed by atoms with Gasteiger partial charge in [0.25, 0.3) is 0 Å². The van der Waals surface area contributed by atoms with E-state index >= 15 is 0 Å². The predicted molar refractivity (Wildman–Crippen MR) is 63.3 cm³/mol. The molecule has 0 aliphatic heterocycles. The summed E-state index contributed by atoms with van der Waals surface area (Å²) in [4.78, 5) is 0. The van der Waals surface area contributed by atoms with Gasteiger partial charge in [-0.25, -0.2) is 0 Å². The summed E-state index contributed by atoms with van der Waals surface area (Å²) >= 11 is 3.43. The van der Waals surface area contributed by atoms with Gasteiger partial charge in [-0.1, -0.05) is 45.3 Å². The second kappa shape index (κ2) is 4.76. The summed E-state index contributed by atoms with van der Waals surface area (Å²) in [5, 5.41) is 9.89. The van der Waals surface area contributed by atoms with E-state index in [2.05, 4.69) is 15.9 Å². The fourth-order valence-electron chi connectivity index (χ4n) is 1.30. The second-order valence-corrected chi connectivity index (χ2v) is 4.57. The number of aliphatic hydroxyl groups is 1. The second-order valence-electron chi connectivity index (χ2n) is 3.71. The molecule has 14 heavy (non-hydrogen) atoms. The lowest BCUT2D eigenvalue weighted by atomic mass is 10.1. The Bertz CT molecular complexity index is 351. The van der Waals surface area contributed by atoms with Gasteiger partial charge in [-0.2, -0.15) is 0 Å². The normalized spacial score (nSPS) is 12.4. The summed E-state index contributed by atoms with van der Waals surface area (Å²) in [6.07, 6.45) is 1.33. The molecular weight excluding hydrogens is 240 g/mol. The molecule has 0 bridgehead atoms. The van der Waals surface area contributed by atoms with E-state index in [1.165, 1.54) is 0 Å². The molecule has 1 nitrogen and oxygen atoms in total. The monoisotopic (exact) mass is 254 g/mol. The standard InChI is InChI=1S/C12H15BrO/c1-8(2)6-12(14)10-7-9(3)4-5-11(10)13/h4-7,12,14H,1-3H3. The lowest BCUT2D eigenvalue weighted by Gasteiger charge is -2.10. The molecule has 1 atom stereocenters. The van der Waals surface area contributed by atoms with Crippen LogP contribution < -0.4 is 0 Å². The van der Waals surface area contributed by atoms with E-state index in [0.717, 1.165) is 21.2 Å². The Balaban J connectivity index is 3.05. The van der Waals surface area contributed by atoms with Gasteiger partial charge in [0, 0.05) is 4.47 Å². The summed E-state index contributed by atoms with van der Waals surface area (Å²) in [5.74, 6) is 0. The minimum absolute atomic E-state index is 0.519. The van der Waals surface area contributed by atoms with Gasteiger partial charge in [0.1, 0.15) is 0 Å². The quantitative estimate of drug-likeness (QED) is 0.798. The van der Waals surface area contributed by atoms with Crippen molar-refractivity contribution in [3.8, 4) is 0 Å². The molecule has 1 rings (SSSR count). The highest BCUT2D eigenvalue weighted by Gasteiger charge is 2.08. The minimum Gasteiger partial charge on any atom is -0.384 e. The highest BCUT2D eigenvalue weighted by molar-refractivity contribution is 9.10. The molecule has 1 unspecified atom stereocenters. The molecular formula is C12H15BrO. The summed E-state index contributed by atoms with van der Waals surface area (Å²) in [6, 6.07) is 5.98. The Kier molecular flexibility index (Phi) is 3.90. The number of allylic oxidation sites excluding steroid dienone is 1. The zero-order valence-corrected chi connectivity index (χ0v) is 10.3. The zero-order valence-electron chi connectivity index (χ0n) is 8.71. The van der Waals surface area contributed by atoms with E-state index in [0.29, 0.717) is 0 Å². The lowest BCUT2D eigenvalue weighted by Crippen LogP contribution is -1.96. The number of hydrogen-bond acceptors (Lipinski definition) is 1. The highest BCUT2D eigenvalue weighted by Crippen LogP contribution is 2.26. The van der Waals surface area contributed by atoms with Crippen molar-refractivity contribution in [1.29, 1.82) is 0 Å². The fourth-order valence-corrected chi connectivity index (χ4v) is 1.78. The van der Waals surface area contributed by atoms with Gasteiger partial charge >= 0.3 is 0 Å². The third-order valence-corrected chi connectivity index (χ3v) is 2.68. The number of halogens is 1. The SMILES string of the molecule is CC(C)=CC(O)c1cc(C)ccc1Br. The van der Waals surface area contributed by atoms with Crippen LogP contribution in [0.15, 0.2) is 34.3 Å². The Hall–Kier alpha value is -0.600. The maximum absolute atomic E-state index is 9.89. The number of aliphatic hydroxyl groups excluding tert-OH is 1. The van der Waals surface area contributed by atoms with Crippen molar-refractivity contribution in [3.05, 3.63) is 45.4 Å². The van der Waals surface area contributed by atoms with Crippen molar-refractivity contribution >= 4 is 15.9 Å². The third kappa shape index (κ3) is 2.96. The van der Waals surface area contributed by atoms with Crippen molar-refractivity contribution < 1.29 is 5.11 Å². The molecule has 0 amide bonds. The van der Waals surface area contributed by atoms with Crippen LogP contribution in [0.25, 0.3) is 0 Å². The average molecular weight is 255 g/mol. The van der Waals surface area contributed by atoms with Crippen LogP contribution in [-0.4, -0.2) is 5.11 Å². The molecule has 2 heteroatoms. The first-order chi connectivity index (χ1) is 6.50. The van der Waals surface area contributed by atoms with Crippen LogP contribution in [0, 0.1) is 6.92 Å². The summed E-state index contributed by atoms with van der Waals surface area (Å²) in [7, 11) is 0. The van der Waals surface area contributed by atoms with Gasteiger partial charge in [0.05, 0.1) is 6.10 Å². The lowest BCUT2D eigenvalue weighted by molar-refractivity contribution is 0.227. The van der Waals surface area contributed by atoms with Crippen LogP contribution >= 0.6 is 15.9 Å². The average Bonchev–Trinajstić information content (AvgIpc) is 2.08. The third-order valence-electron chi connectivity index (χ3n) is 1.96. The number of aryl methyl sites for hydroxylation is 1. The van der Waals surface area contributed by atoms with E-state index in [-0.39, 0.29) is 0 Å². The van der Waals surface area contributed by atoms with Crippen LogP contribution in [0.2, 0.25) is 0 Å². The van der Waals surface area contributed by atoms with E-state index in [9.17, 15) is 5.11 Å². The number of benzene rings is 1. The Morgan fingerprint density at radius 3 is 2.64 bits per heavy atom. The molecule has 0 saturated heterocycles. The summed E-state index contributed by atoms with van der Waals surface area (Å²) < 4.78 is 0.952. The van der Waals surface area contributed by atoms with Crippen LogP contribution in [0.1, 0.15) is 31.1 Å². The molecule has 76 valence electrons. The molecule has 0 fully saturated rings. The number of hydrogen-bond donors (Lipinski definition) is 1. The van der Waals surface area contributed by atoms with Gasteiger partial charge in [0.15, 0.2) is 0 Å². The fraction of sp³-hybridized carbons (Fsp3) is 0.333. The van der Waals surface area contributed by atoms with Crippen LogP contribution in [-0.2, 0) is 0 Å². The summed E-state index contributed by atoms with van der Waals surface area (Å²) in [5.41, 5.74) is 3.20. The minimum atomic E-state index is -0.519. The molecule has 1 aromatic carbocycles. The Labute approximate surface area is 93.6 Å². The van der Waals surface area contributed by atoms with Gasteiger partial charge in [-0.15, -0.1) is 0 Å². The van der Waals surface area contributed by atoms with Crippen molar-refractivity contribution in [1.82, 2.24) is 0 Å². The van der Waals surface area contributed by atoms with Crippen LogP contribution in [0.5, 0.6) is 0 Å². The molecule has 0 aliphatic carbocycles. The highest BCUT2D eigenvalue weighted by atomic mass is 79.9. The molecule has 0 spiro atoms. The first-order valence-corrected chi connectivity index (χ1v) is 5.39. The smallest absolute Gasteiger partial charge is 0.0985 e. The van der Waals surface area contributed by atoms with E-state index in [1.54, 1.807) is 0 Å². The number of rotatable bonds is 2. The van der Waals surface area contributed by atoms with Crippen molar-refractivity contribution in [2.24, 2.45) is 0 Å². The van der Waals surface area contributed by atoms with E-state index in [1.807, 2.05) is 45.0 Å². The zero-order chi connectivity index (χ0) is 10.7. The van der Waals surface area contributed by atoms with Crippen LogP contribution in [0.4, 0.5) is 0 Å². The predicted octanol–water partition coefficient (Wildman–Crippen LogP) is 3.76. The van der Waals surface area contributed by atoms with Gasteiger partial charge in [-0.05, 0) is 32.4 Å². The van der Waals surface area contributed by atoms with Crippen molar-refractivity contribution in [2.75, 3.05) is 0 Å². The van der Waals surface area contributed by atoms with E-state index < -0.39 is 6.10 Å². The Morgan fingerprint density at radius 2 is 2.07 bits per heavy atom. The molecule has 0 saturated carbocycles. The van der Waals surface area contributed by atoms with Crippen molar-refractivity contribution in [3.63, 3.8) is 0 Å². The Morgan fingerprint density at radius 1 is 1.43 bits per heavy atom. The maximum Gasteiger partial charge on any atom is 0.0985 e. The largest absolute Gasteiger partial charge is 0.384 e. The molecule has 1 N–H and O–H groups in total. The van der Waals surface area contributed by atoms with Gasteiger partial charge in [0.2, 0.25) is 0 Å². The van der Waals surface area contributed by atoms with Gasteiger partial charge in [-0.3, -0.25) is 0 Å². The maximum atomic E-state index is 9.89. The topological polar surface area (TPSA) is 20.2 Å². The molecule has 0 aliphatic rings. The molecule has 0 heterocycles. The molecule has 0 aromatic heterocycles. The van der Waals surface area contributed by atoms with Crippen molar-refractivity contribution in [2.45, 2.75) is 26.9 Å². The molecule has 0 radical (unpaired) electrons.